The zero-order valence-electron chi connectivity index (χ0n) is 16.2. The van der Waals surface area contributed by atoms with Gasteiger partial charge in [0.2, 0.25) is 11.8 Å². The molecular formula is C19H31N5O2. The van der Waals surface area contributed by atoms with Crippen LogP contribution in [-0.4, -0.2) is 63.9 Å². The number of nitrogens with zero attached hydrogens (tertiary/aromatic N) is 4. The summed E-state index contributed by atoms with van der Waals surface area (Å²) < 4.78 is 2.16. The fourth-order valence-corrected chi connectivity index (χ4v) is 3.23. The maximum Gasteiger partial charge on any atom is 0.236 e. The Balaban J connectivity index is 1.53. The number of amides is 2. The van der Waals surface area contributed by atoms with Crippen LogP contribution >= 0.6 is 0 Å². The number of imidazole rings is 1. The molecule has 0 atom stereocenters. The fraction of sp³-hybridized carbons (Fsp3) is 0.737. The zero-order chi connectivity index (χ0) is 18.7. The van der Waals surface area contributed by atoms with Gasteiger partial charge in [-0.2, -0.15) is 0 Å². The van der Waals surface area contributed by atoms with Crippen LogP contribution in [0.5, 0.6) is 0 Å². The van der Waals surface area contributed by atoms with E-state index in [9.17, 15) is 9.59 Å². The van der Waals surface area contributed by atoms with E-state index in [1.807, 2.05) is 18.1 Å². The van der Waals surface area contributed by atoms with E-state index in [1.165, 1.54) is 12.8 Å². The quantitative estimate of drug-likeness (QED) is 0.787. The molecule has 1 aliphatic heterocycles. The third-order valence-corrected chi connectivity index (χ3v) is 5.48. The Hall–Kier alpha value is -1.89. The first-order chi connectivity index (χ1) is 12.4. The maximum atomic E-state index is 12.5. The lowest BCUT2D eigenvalue weighted by Crippen LogP contribution is -2.42. The van der Waals surface area contributed by atoms with E-state index in [0.29, 0.717) is 44.6 Å². The van der Waals surface area contributed by atoms with E-state index in [4.69, 9.17) is 0 Å². The first-order valence-electron chi connectivity index (χ1n) is 9.72. The molecule has 2 amide bonds. The average Bonchev–Trinajstić information content (AvgIpc) is 3.36. The van der Waals surface area contributed by atoms with Gasteiger partial charge in [-0.25, -0.2) is 4.98 Å². The molecule has 0 bridgehead atoms. The number of carbonyl (C=O) groups excluding carboxylic acids is 2. The first kappa shape index (κ1) is 18.9. The maximum absolute atomic E-state index is 12.5. The van der Waals surface area contributed by atoms with Crippen molar-refractivity contribution in [3.63, 3.8) is 0 Å². The van der Waals surface area contributed by atoms with Gasteiger partial charge in [0.15, 0.2) is 0 Å². The van der Waals surface area contributed by atoms with Crippen LogP contribution in [0.2, 0.25) is 0 Å². The highest BCUT2D eigenvalue weighted by molar-refractivity contribution is 5.78. The van der Waals surface area contributed by atoms with Crippen LogP contribution in [0.1, 0.15) is 44.6 Å². The summed E-state index contributed by atoms with van der Waals surface area (Å²) in [6.45, 7) is 7.28. The highest BCUT2D eigenvalue weighted by Gasteiger charge is 2.25. The standard InChI is InChI=1S/C19H31N5O2/c1-14(2)22(3)13-19(26)23-7-6-17-20-11-16(24(17)9-8-23)12-21-18(25)10-15-4-5-15/h11,14-15H,4-10,12-13H2,1-3H3,(H,21,25). The summed E-state index contributed by atoms with van der Waals surface area (Å²) in [6.07, 6.45) is 5.63. The lowest BCUT2D eigenvalue weighted by Gasteiger charge is -2.26. The largest absolute Gasteiger partial charge is 0.350 e. The van der Waals surface area contributed by atoms with Crippen LogP contribution in [0, 0.1) is 5.92 Å². The Kier molecular flexibility index (Phi) is 5.96. The molecule has 2 heterocycles. The minimum atomic E-state index is 0.130. The van der Waals surface area contributed by atoms with Gasteiger partial charge in [-0.05, 0) is 39.7 Å². The summed E-state index contributed by atoms with van der Waals surface area (Å²) in [6, 6.07) is 0.354. The number of carbonyl (C=O) groups is 2. The Bertz CT molecular complexity index is 650. The van der Waals surface area contributed by atoms with Crippen LogP contribution in [0.4, 0.5) is 0 Å². The molecule has 7 nitrogen and oxygen atoms in total. The lowest BCUT2D eigenvalue weighted by molar-refractivity contribution is -0.132. The highest BCUT2D eigenvalue weighted by Crippen LogP contribution is 2.32. The number of hydrogen-bond acceptors (Lipinski definition) is 4. The van der Waals surface area contributed by atoms with Gasteiger partial charge in [-0.15, -0.1) is 0 Å². The third kappa shape index (κ3) is 4.84. The molecule has 144 valence electrons. The predicted octanol–water partition coefficient (Wildman–Crippen LogP) is 1.02. The zero-order valence-corrected chi connectivity index (χ0v) is 16.2. The number of nitrogens with one attached hydrogen (secondary N) is 1. The van der Waals surface area contributed by atoms with E-state index in [2.05, 4.69) is 33.6 Å². The third-order valence-electron chi connectivity index (χ3n) is 5.48. The Labute approximate surface area is 155 Å². The van der Waals surface area contributed by atoms with Crippen molar-refractivity contribution < 1.29 is 9.59 Å². The van der Waals surface area contributed by atoms with Crippen LogP contribution < -0.4 is 5.32 Å². The Morgan fingerprint density at radius 2 is 2.08 bits per heavy atom. The SMILES string of the molecule is CC(C)N(C)CC(=O)N1CCc2ncc(CNC(=O)CC3CC3)n2CC1. The van der Waals surface area contributed by atoms with Crippen molar-refractivity contribution in [2.45, 2.75) is 58.7 Å². The van der Waals surface area contributed by atoms with Crippen LogP contribution in [-0.2, 0) is 29.1 Å². The van der Waals surface area contributed by atoms with E-state index < -0.39 is 0 Å². The second-order valence-corrected chi connectivity index (χ2v) is 7.88. The number of fused-ring (bicyclic) bond motifs is 1. The molecule has 26 heavy (non-hydrogen) atoms. The number of rotatable bonds is 7. The highest BCUT2D eigenvalue weighted by atomic mass is 16.2. The average molecular weight is 361 g/mol. The van der Waals surface area contributed by atoms with E-state index >= 15 is 0 Å². The molecule has 1 N–H and O–H groups in total. The van der Waals surface area contributed by atoms with E-state index in [1.54, 1.807) is 0 Å². The molecule has 7 heteroatoms. The Morgan fingerprint density at radius 3 is 2.77 bits per heavy atom. The summed E-state index contributed by atoms with van der Waals surface area (Å²) in [5, 5.41) is 3.01. The predicted molar refractivity (Wildman–Crippen MR) is 99.5 cm³/mol. The normalized spacial score (nSPS) is 17.3. The summed E-state index contributed by atoms with van der Waals surface area (Å²) >= 11 is 0. The van der Waals surface area contributed by atoms with Gasteiger partial charge >= 0.3 is 0 Å². The topological polar surface area (TPSA) is 70.5 Å². The Morgan fingerprint density at radius 1 is 1.31 bits per heavy atom. The van der Waals surface area contributed by atoms with Gasteiger partial charge in [-0.3, -0.25) is 14.5 Å². The molecule has 1 aromatic rings. The van der Waals surface area contributed by atoms with Crippen molar-refractivity contribution in [3.05, 3.63) is 17.7 Å². The molecule has 1 saturated carbocycles. The molecule has 0 saturated heterocycles. The van der Waals surface area contributed by atoms with E-state index in [-0.39, 0.29) is 11.8 Å². The molecule has 1 fully saturated rings. The van der Waals surface area contributed by atoms with Gasteiger partial charge in [0, 0.05) is 38.5 Å². The second-order valence-electron chi connectivity index (χ2n) is 7.88. The smallest absolute Gasteiger partial charge is 0.236 e. The van der Waals surface area contributed by atoms with Crippen molar-refractivity contribution in [1.29, 1.82) is 0 Å². The van der Waals surface area contributed by atoms with Gasteiger partial charge < -0.3 is 14.8 Å². The van der Waals surface area contributed by atoms with E-state index in [0.717, 1.165) is 24.5 Å². The molecule has 0 unspecified atom stereocenters. The van der Waals surface area contributed by atoms with Crippen molar-refractivity contribution in [2.75, 3.05) is 26.7 Å². The molecule has 0 radical (unpaired) electrons. The number of likely N-dealkylation sites (N-methyl/N-ethyl adjacent to an activating group) is 1. The van der Waals surface area contributed by atoms with Gasteiger partial charge in [0.05, 0.1) is 25.0 Å². The van der Waals surface area contributed by atoms with Gasteiger partial charge in [-0.1, -0.05) is 0 Å². The summed E-state index contributed by atoms with van der Waals surface area (Å²) in [5.74, 6) is 1.90. The van der Waals surface area contributed by atoms with Gasteiger partial charge in [0.1, 0.15) is 5.82 Å². The first-order valence-corrected chi connectivity index (χ1v) is 9.72. The molecule has 2 aliphatic rings. The summed E-state index contributed by atoms with van der Waals surface area (Å²) in [7, 11) is 1.98. The number of hydrogen-bond donors (Lipinski definition) is 1. The fourth-order valence-electron chi connectivity index (χ4n) is 3.23. The second kappa shape index (κ2) is 8.20. The molecule has 3 rings (SSSR count). The summed E-state index contributed by atoms with van der Waals surface area (Å²) in [4.78, 5) is 33.0. The van der Waals surface area contributed by atoms with Crippen LogP contribution in [0.3, 0.4) is 0 Å². The minimum absolute atomic E-state index is 0.130. The summed E-state index contributed by atoms with van der Waals surface area (Å²) in [5.41, 5.74) is 1.03. The van der Waals surface area contributed by atoms with Crippen LogP contribution in [0.25, 0.3) is 0 Å². The number of aromatic nitrogens is 2. The van der Waals surface area contributed by atoms with Crippen molar-refractivity contribution in [2.24, 2.45) is 5.92 Å². The monoisotopic (exact) mass is 361 g/mol. The van der Waals surface area contributed by atoms with Crippen molar-refractivity contribution >= 4 is 11.8 Å². The molecule has 1 aliphatic carbocycles. The molecule has 1 aromatic heterocycles. The van der Waals surface area contributed by atoms with Gasteiger partial charge in [0.25, 0.3) is 0 Å². The molecule has 0 aromatic carbocycles. The molecule has 0 spiro atoms. The lowest BCUT2D eigenvalue weighted by atomic mass is 10.3. The van der Waals surface area contributed by atoms with Crippen LogP contribution in [0.15, 0.2) is 6.20 Å². The molecular weight excluding hydrogens is 330 g/mol. The van der Waals surface area contributed by atoms with Crippen molar-refractivity contribution in [3.8, 4) is 0 Å². The minimum Gasteiger partial charge on any atom is -0.350 e. The van der Waals surface area contributed by atoms with Crippen molar-refractivity contribution in [1.82, 2.24) is 24.7 Å².